The molecular formula is C22H23IN4O3S. The Balaban J connectivity index is 1.72. The van der Waals surface area contributed by atoms with Gasteiger partial charge in [-0.2, -0.15) is 5.10 Å². The van der Waals surface area contributed by atoms with Gasteiger partial charge in [0.2, 0.25) is 10.0 Å². The summed E-state index contributed by atoms with van der Waals surface area (Å²) in [5.41, 5.74) is 6.78. The molecule has 162 valence electrons. The number of anilines is 1. The minimum Gasteiger partial charge on any atom is -0.318 e. The molecule has 0 atom stereocenters. The Labute approximate surface area is 196 Å². The lowest BCUT2D eigenvalue weighted by Crippen LogP contribution is -2.39. The minimum absolute atomic E-state index is 0.361. The van der Waals surface area contributed by atoms with Crippen molar-refractivity contribution in [2.75, 3.05) is 17.1 Å². The Kier molecular flexibility index (Phi) is 7.16. The highest BCUT2D eigenvalue weighted by atomic mass is 127. The number of benzene rings is 2. The molecular weight excluding hydrogens is 527 g/mol. The summed E-state index contributed by atoms with van der Waals surface area (Å²) < 4.78 is 28.5. The number of sulfonamides is 1. The van der Waals surface area contributed by atoms with Crippen molar-refractivity contribution in [1.29, 1.82) is 0 Å². The van der Waals surface area contributed by atoms with E-state index in [1.807, 2.05) is 50.2 Å². The number of hydrogen-bond acceptors (Lipinski definition) is 4. The quantitative estimate of drug-likeness (QED) is 0.277. The number of aromatic nitrogens is 1. The van der Waals surface area contributed by atoms with Gasteiger partial charge in [-0.3, -0.25) is 9.10 Å². The first-order valence-electron chi connectivity index (χ1n) is 9.46. The van der Waals surface area contributed by atoms with E-state index in [1.54, 1.807) is 30.5 Å². The summed E-state index contributed by atoms with van der Waals surface area (Å²) in [5, 5.41) is 4.03. The molecule has 3 aromatic rings. The van der Waals surface area contributed by atoms with E-state index in [-0.39, 0.29) is 6.54 Å². The van der Waals surface area contributed by atoms with Crippen LogP contribution in [0.25, 0.3) is 5.69 Å². The molecule has 3 rings (SSSR count). The highest BCUT2D eigenvalue weighted by Gasteiger charge is 2.20. The van der Waals surface area contributed by atoms with E-state index in [9.17, 15) is 13.2 Å². The summed E-state index contributed by atoms with van der Waals surface area (Å²) in [5.74, 6) is -0.530. The van der Waals surface area contributed by atoms with Crippen LogP contribution in [0.2, 0.25) is 0 Å². The van der Waals surface area contributed by atoms with Gasteiger partial charge in [-0.1, -0.05) is 18.2 Å². The molecule has 1 heterocycles. The van der Waals surface area contributed by atoms with Crippen molar-refractivity contribution in [1.82, 2.24) is 9.99 Å². The monoisotopic (exact) mass is 550 g/mol. The number of rotatable bonds is 7. The van der Waals surface area contributed by atoms with Gasteiger partial charge in [0.25, 0.3) is 5.91 Å². The third kappa shape index (κ3) is 5.73. The Morgan fingerprint density at radius 2 is 1.77 bits per heavy atom. The SMILES string of the molecule is Cc1cc(/C=N\NC(=O)CN(c2ccc(I)cc2)S(C)(=O)=O)c(C)n1-c1ccccc1. The second-order valence-electron chi connectivity index (χ2n) is 7.04. The topological polar surface area (TPSA) is 83.8 Å². The largest absolute Gasteiger partial charge is 0.318 e. The maximum absolute atomic E-state index is 12.4. The number of amides is 1. The summed E-state index contributed by atoms with van der Waals surface area (Å²) in [4.78, 5) is 12.4. The molecule has 0 aliphatic heterocycles. The average Bonchev–Trinajstić information content (AvgIpc) is 3.00. The van der Waals surface area contributed by atoms with Crippen molar-refractivity contribution >= 4 is 50.4 Å². The Hall–Kier alpha value is -2.66. The lowest BCUT2D eigenvalue weighted by molar-refractivity contribution is -0.119. The van der Waals surface area contributed by atoms with Crippen LogP contribution in [0.15, 0.2) is 65.8 Å². The van der Waals surface area contributed by atoms with Gasteiger partial charge >= 0.3 is 0 Å². The standard InChI is InChI=1S/C22H23IN4O3S/c1-16-13-18(17(2)27(16)21-7-5-4-6-8-21)14-24-25-22(28)15-26(31(3,29)30)20-11-9-19(23)10-12-20/h4-14H,15H2,1-3H3,(H,25,28)/b24-14-. The van der Waals surface area contributed by atoms with Gasteiger partial charge in [0, 0.05) is 26.2 Å². The number of nitrogens with zero attached hydrogens (tertiary/aromatic N) is 3. The van der Waals surface area contributed by atoms with Gasteiger partial charge in [0.15, 0.2) is 0 Å². The first kappa shape index (κ1) is 23.0. The van der Waals surface area contributed by atoms with Crippen LogP contribution in [-0.2, 0) is 14.8 Å². The normalized spacial score (nSPS) is 11.6. The van der Waals surface area contributed by atoms with Crippen LogP contribution < -0.4 is 9.73 Å². The zero-order valence-electron chi connectivity index (χ0n) is 17.4. The van der Waals surface area contributed by atoms with E-state index in [0.29, 0.717) is 5.69 Å². The van der Waals surface area contributed by atoms with Crippen molar-refractivity contribution in [3.8, 4) is 5.69 Å². The van der Waals surface area contributed by atoms with E-state index >= 15 is 0 Å². The van der Waals surface area contributed by atoms with E-state index in [0.717, 1.165) is 36.8 Å². The lowest BCUT2D eigenvalue weighted by atomic mass is 10.2. The van der Waals surface area contributed by atoms with Crippen LogP contribution in [-0.4, -0.2) is 37.9 Å². The number of para-hydroxylation sites is 1. The molecule has 0 spiro atoms. The molecule has 0 radical (unpaired) electrons. The Bertz CT molecular complexity index is 1200. The molecule has 1 N–H and O–H groups in total. The minimum atomic E-state index is -3.63. The molecule has 0 bridgehead atoms. The second-order valence-corrected chi connectivity index (χ2v) is 10.2. The molecule has 2 aromatic carbocycles. The maximum Gasteiger partial charge on any atom is 0.260 e. The highest BCUT2D eigenvalue weighted by Crippen LogP contribution is 2.20. The van der Waals surface area contributed by atoms with Crippen LogP contribution in [0.4, 0.5) is 5.69 Å². The molecule has 1 amide bonds. The number of nitrogens with one attached hydrogen (secondary N) is 1. The molecule has 1 aromatic heterocycles. The number of halogens is 1. The van der Waals surface area contributed by atoms with Crippen LogP contribution in [0.3, 0.4) is 0 Å². The average molecular weight is 550 g/mol. The summed E-state index contributed by atoms with van der Waals surface area (Å²) in [7, 11) is -3.63. The van der Waals surface area contributed by atoms with Crippen molar-refractivity contribution < 1.29 is 13.2 Å². The van der Waals surface area contributed by atoms with Gasteiger partial charge in [-0.25, -0.2) is 13.8 Å². The molecule has 31 heavy (non-hydrogen) atoms. The van der Waals surface area contributed by atoms with E-state index < -0.39 is 15.9 Å². The van der Waals surface area contributed by atoms with Crippen LogP contribution in [0.1, 0.15) is 17.0 Å². The van der Waals surface area contributed by atoms with Crippen molar-refractivity contribution in [2.45, 2.75) is 13.8 Å². The maximum atomic E-state index is 12.4. The number of carbonyl (C=O) groups excluding carboxylic acids is 1. The fraction of sp³-hybridized carbons (Fsp3) is 0.182. The van der Waals surface area contributed by atoms with Crippen molar-refractivity contribution in [3.63, 3.8) is 0 Å². The Morgan fingerprint density at radius 1 is 1.13 bits per heavy atom. The molecule has 0 fully saturated rings. The third-order valence-electron chi connectivity index (χ3n) is 4.68. The fourth-order valence-electron chi connectivity index (χ4n) is 3.24. The van der Waals surface area contributed by atoms with Gasteiger partial charge in [0.05, 0.1) is 18.2 Å². The fourth-order valence-corrected chi connectivity index (χ4v) is 4.46. The molecule has 0 unspecified atom stereocenters. The second kappa shape index (κ2) is 9.65. The van der Waals surface area contributed by atoms with E-state index in [2.05, 4.69) is 37.7 Å². The zero-order chi connectivity index (χ0) is 22.6. The molecule has 0 aliphatic rings. The predicted octanol–water partition coefficient (Wildman–Crippen LogP) is 3.62. The predicted molar refractivity (Wildman–Crippen MR) is 132 cm³/mol. The summed E-state index contributed by atoms with van der Waals surface area (Å²) in [6, 6.07) is 18.8. The first-order valence-corrected chi connectivity index (χ1v) is 12.4. The molecule has 0 saturated heterocycles. The van der Waals surface area contributed by atoms with Gasteiger partial charge in [0.1, 0.15) is 6.54 Å². The first-order chi connectivity index (χ1) is 14.7. The van der Waals surface area contributed by atoms with E-state index in [1.165, 1.54) is 0 Å². The zero-order valence-corrected chi connectivity index (χ0v) is 20.4. The number of aryl methyl sites for hydroxylation is 1. The van der Waals surface area contributed by atoms with Gasteiger partial charge in [-0.05, 0) is 78.9 Å². The number of hydrogen-bond donors (Lipinski definition) is 1. The summed E-state index contributed by atoms with van der Waals surface area (Å²) in [6.45, 7) is 3.62. The number of carbonyl (C=O) groups is 1. The van der Waals surface area contributed by atoms with Crippen LogP contribution in [0, 0.1) is 17.4 Å². The van der Waals surface area contributed by atoms with Crippen molar-refractivity contribution in [2.24, 2.45) is 5.10 Å². The third-order valence-corrected chi connectivity index (χ3v) is 6.54. The molecule has 0 saturated carbocycles. The molecule has 7 nitrogen and oxygen atoms in total. The summed E-state index contributed by atoms with van der Waals surface area (Å²) in [6.07, 6.45) is 2.63. The van der Waals surface area contributed by atoms with Crippen molar-refractivity contribution in [3.05, 3.63) is 81.2 Å². The van der Waals surface area contributed by atoms with E-state index in [4.69, 9.17) is 0 Å². The lowest BCUT2D eigenvalue weighted by Gasteiger charge is -2.21. The Morgan fingerprint density at radius 3 is 2.39 bits per heavy atom. The highest BCUT2D eigenvalue weighted by molar-refractivity contribution is 14.1. The smallest absolute Gasteiger partial charge is 0.260 e. The number of hydrazone groups is 1. The molecule has 9 heteroatoms. The van der Waals surface area contributed by atoms with Gasteiger partial charge < -0.3 is 4.57 Å². The van der Waals surface area contributed by atoms with Crippen LogP contribution >= 0.6 is 22.6 Å². The molecule has 0 aliphatic carbocycles. The summed E-state index contributed by atoms with van der Waals surface area (Å²) >= 11 is 2.13. The van der Waals surface area contributed by atoms with Gasteiger partial charge in [-0.15, -0.1) is 0 Å². The van der Waals surface area contributed by atoms with Crippen LogP contribution in [0.5, 0.6) is 0 Å².